The number of thioether (sulfide) groups is 1. The Hall–Kier alpha value is -3.36. The Morgan fingerprint density at radius 1 is 0.949 bits per heavy atom. The molecule has 2 fully saturated rings. The highest BCUT2D eigenvalue weighted by molar-refractivity contribution is 8.02. The average Bonchev–Trinajstić information content (AvgIpc) is 3.21. The third kappa shape index (κ3) is 4.21. The van der Waals surface area contributed by atoms with E-state index in [1.807, 2.05) is 91.9 Å². The molecule has 8 heteroatoms. The van der Waals surface area contributed by atoms with E-state index in [4.69, 9.17) is 4.74 Å². The van der Waals surface area contributed by atoms with Crippen molar-refractivity contribution >= 4 is 29.5 Å². The molecule has 4 heterocycles. The second-order valence-corrected chi connectivity index (χ2v) is 12.7. The van der Waals surface area contributed by atoms with Gasteiger partial charge in [0.15, 0.2) is 0 Å². The third-order valence-electron chi connectivity index (χ3n) is 8.47. The fraction of sp³-hybridized carbons (Fsp3) is 0.387. The SMILES string of the molecule is C[C@@]12C=CCOC(=O)[C@@H]1[C@H]1C(=O)N([C@@H](CO)Cc3ccccc3)C3C(=O)N(Cc4ccccc4)CC=C[C@@]31S2. The smallest absolute Gasteiger partial charge is 0.311 e. The van der Waals surface area contributed by atoms with Crippen LogP contribution in [-0.2, 0) is 32.1 Å². The summed E-state index contributed by atoms with van der Waals surface area (Å²) < 4.78 is 3.84. The summed E-state index contributed by atoms with van der Waals surface area (Å²) >= 11 is 1.52. The fourth-order valence-corrected chi connectivity index (χ4v) is 8.96. The number of amides is 2. The number of hydrogen-bond donors (Lipinski definition) is 1. The minimum atomic E-state index is -0.968. The Morgan fingerprint density at radius 2 is 1.64 bits per heavy atom. The lowest BCUT2D eigenvalue weighted by Crippen LogP contribution is -2.57. The van der Waals surface area contributed by atoms with Gasteiger partial charge >= 0.3 is 5.97 Å². The maximum Gasteiger partial charge on any atom is 0.311 e. The molecule has 4 aliphatic rings. The molecule has 0 aliphatic carbocycles. The summed E-state index contributed by atoms with van der Waals surface area (Å²) in [6.07, 6.45) is 8.15. The summed E-state index contributed by atoms with van der Waals surface area (Å²) in [4.78, 5) is 45.7. The second kappa shape index (κ2) is 9.99. The van der Waals surface area contributed by atoms with Crippen LogP contribution in [0.4, 0.5) is 0 Å². The number of likely N-dealkylation sites (tertiary alicyclic amines) is 1. The first kappa shape index (κ1) is 25.9. The molecule has 4 aliphatic heterocycles. The van der Waals surface area contributed by atoms with Crippen LogP contribution in [0.25, 0.3) is 0 Å². The Morgan fingerprint density at radius 3 is 2.33 bits per heavy atom. The maximum absolute atomic E-state index is 14.5. The zero-order chi connectivity index (χ0) is 27.2. The van der Waals surface area contributed by atoms with Crippen LogP contribution in [0.5, 0.6) is 0 Å². The van der Waals surface area contributed by atoms with Crippen molar-refractivity contribution in [3.63, 3.8) is 0 Å². The van der Waals surface area contributed by atoms with Crippen LogP contribution in [0.2, 0.25) is 0 Å². The van der Waals surface area contributed by atoms with Gasteiger partial charge in [-0.1, -0.05) is 78.9 Å². The molecule has 0 radical (unpaired) electrons. The van der Waals surface area contributed by atoms with E-state index >= 15 is 0 Å². The molecule has 2 amide bonds. The van der Waals surface area contributed by atoms with E-state index in [-0.39, 0.29) is 25.0 Å². The van der Waals surface area contributed by atoms with Gasteiger partial charge in [0.2, 0.25) is 11.8 Å². The van der Waals surface area contributed by atoms with Gasteiger partial charge < -0.3 is 19.6 Å². The van der Waals surface area contributed by atoms with Crippen molar-refractivity contribution in [1.29, 1.82) is 0 Å². The van der Waals surface area contributed by atoms with Gasteiger partial charge in [0, 0.05) is 17.8 Å². The summed E-state index contributed by atoms with van der Waals surface area (Å²) in [7, 11) is 0. The highest BCUT2D eigenvalue weighted by Gasteiger charge is 2.74. The number of aliphatic hydroxyl groups is 1. The van der Waals surface area contributed by atoms with E-state index in [9.17, 15) is 19.5 Å². The number of fused-ring (bicyclic) bond motifs is 2. The predicted octanol–water partition coefficient (Wildman–Crippen LogP) is 2.99. The van der Waals surface area contributed by atoms with Crippen molar-refractivity contribution in [1.82, 2.24) is 9.80 Å². The topological polar surface area (TPSA) is 87.1 Å². The Labute approximate surface area is 232 Å². The molecule has 6 atom stereocenters. The molecule has 7 nitrogen and oxygen atoms in total. The van der Waals surface area contributed by atoms with Crippen LogP contribution in [0.15, 0.2) is 85.0 Å². The summed E-state index contributed by atoms with van der Waals surface area (Å²) in [6, 6.07) is 18.0. The molecule has 39 heavy (non-hydrogen) atoms. The molecule has 0 aromatic heterocycles. The lowest BCUT2D eigenvalue weighted by atomic mass is 9.75. The highest BCUT2D eigenvalue weighted by atomic mass is 32.2. The van der Waals surface area contributed by atoms with Gasteiger partial charge in [-0.2, -0.15) is 0 Å². The number of rotatable bonds is 6. The number of ether oxygens (including phenoxy) is 1. The second-order valence-electron chi connectivity index (χ2n) is 10.9. The third-order valence-corrected chi connectivity index (χ3v) is 10.3. The van der Waals surface area contributed by atoms with Crippen LogP contribution in [0.1, 0.15) is 18.1 Å². The normalized spacial score (nSPS) is 32.3. The molecule has 2 aromatic carbocycles. The molecule has 0 bridgehead atoms. The first-order valence-electron chi connectivity index (χ1n) is 13.4. The van der Waals surface area contributed by atoms with Crippen molar-refractivity contribution in [2.75, 3.05) is 19.8 Å². The van der Waals surface area contributed by atoms with E-state index in [0.29, 0.717) is 19.5 Å². The molecule has 202 valence electrons. The Bertz CT molecular complexity index is 1330. The largest absolute Gasteiger partial charge is 0.461 e. The molecule has 1 spiro atoms. The quantitative estimate of drug-likeness (QED) is 0.445. The number of esters is 1. The van der Waals surface area contributed by atoms with Crippen molar-refractivity contribution in [3.8, 4) is 0 Å². The van der Waals surface area contributed by atoms with Gasteiger partial charge in [-0.15, -0.1) is 11.8 Å². The summed E-state index contributed by atoms with van der Waals surface area (Å²) in [6.45, 7) is 2.63. The van der Waals surface area contributed by atoms with Gasteiger partial charge in [0.05, 0.1) is 29.2 Å². The summed E-state index contributed by atoms with van der Waals surface area (Å²) in [5.74, 6) is -2.38. The van der Waals surface area contributed by atoms with Crippen LogP contribution in [-0.4, -0.2) is 74.0 Å². The average molecular weight is 545 g/mol. The number of cyclic esters (lactones) is 1. The standard InChI is InChI=1S/C31H32N2O5S/c1-30-14-9-17-38-29(37)25(30)24-27(35)33(23(20-34)18-21-10-4-2-5-11-21)26-28(36)32(16-8-15-31(24,26)39-30)19-22-12-6-3-7-13-22/h2-15,23-26,34H,16-20H2,1H3/t23-,24+,25+,26?,30-,31+/m1/s1. The molecule has 2 aromatic rings. The first-order valence-corrected chi connectivity index (χ1v) is 14.2. The van der Waals surface area contributed by atoms with E-state index in [1.54, 1.807) is 9.80 Å². The molecule has 1 unspecified atom stereocenters. The zero-order valence-electron chi connectivity index (χ0n) is 21.8. The number of benzene rings is 2. The summed E-state index contributed by atoms with van der Waals surface area (Å²) in [5.41, 5.74) is 1.95. The summed E-state index contributed by atoms with van der Waals surface area (Å²) in [5, 5.41) is 10.6. The number of carbonyl (C=O) groups is 3. The molecular formula is C31H32N2O5S. The molecule has 6 rings (SSSR count). The van der Waals surface area contributed by atoms with Gasteiger partial charge in [-0.05, 0) is 30.5 Å². The number of hydrogen-bond acceptors (Lipinski definition) is 6. The Balaban J connectivity index is 1.46. The van der Waals surface area contributed by atoms with E-state index < -0.39 is 39.4 Å². The van der Waals surface area contributed by atoms with Crippen molar-refractivity contribution in [2.45, 2.75) is 41.5 Å². The lowest BCUT2D eigenvalue weighted by molar-refractivity contribution is -0.153. The molecule has 1 N–H and O–H groups in total. The number of aliphatic hydroxyl groups excluding tert-OH is 1. The van der Waals surface area contributed by atoms with Gasteiger partial charge in [0.25, 0.3) is 0 Å². The molecule has 0 saturated carbocycles. The molecule has 2 saturated heterocycles. The van der Waals surface area contributed by atoms with Gasteiger partial charge in [-0.25, -0.2) is 0 Å². The van der Waals surface area contributed by atoms with Crippen LogP contribution >= 0.6 is 11.8 Å². The van der Waals surface area contributed by atoms with Crippen molar-refractivity contribution in [3.05, 3.63) is 96.1 Å². The number of nitrogens with zero attached hydrogens (tertiary/aromatic N) is 2. The predicted molar refractivity (Wildman–Crippen MR) is 148 cm³/mol. The maximum atomic E-state index is 14.5. The monoisotopic (exact) mass is 544 g/mol. The minimum absolute atomic E-state index is 0.166. The Kier molecular flexibility index (Phi) is 6.63. The van der Waals surface area contributed by atoms with Gasteiger partial charge in [0.1, 0.15) is 12.6 Å². The van der Waals surface area contributed by atoms with E-state index in [1.165, 1.54) is 11.8 Å². The molecular weight excluding hydrogens is 512 g/mol. The zero-order valence-corrected chi connectivity index (χ0v) is 22.6. The van der Waals surface area contributed by atoms with Crippen molar-refractivity contribution in [2.24, 2.45) is 11.8 Å². The minimum Gasteiger partial charge on any atom is -0.461 e. The lowest BCUT2D eigenvalue weighted by Gasteiger charge is -2.39. The van der Waals surface area contributed by atoms with Crippen LogP contribution in [0.3, 0.4) is 0 Å². The van der Waals surface area contributed by atoms with E-state index in [2.05, 4.69) is 0 Å². The van der Waals surface area contributed by atoms with Crippen LogP contribution in [0, 0.1) is 11.8 Å². The first-order chi connectivity index (χ1) is 18.9. The van der Waals surface area contributed by atoms with Crippen molar-refractivity contribution < 1.29 is 24.2 Å². The number of carbonyl (C=O) groups excluding carboxylic acids is 3. The van der Waals surface area contributed by atoms with E-state index in [0.717, 1.165) is 11.1 Å². The van der Waals surface area contributed by atoms with Gasteiger partial charge in [-0.3, -0.25) is 14.4 Å². The highest BCUT2D eigenvalue weighted by Crippen LogP contribution is 2.65. The van der Waals surface area contributed by atoms with Crippen LogP contribution < -0.4 is 0 Å². The fourth-order valence-electron chi connectivity index (χ4n) is 6.82.